The first-order chi connectivity index (χ1) is 14.6. The zero-order chi connectivity index (χ0) is 20.6. The first-order valence-electron chi connectivity index (χ1n) is 11.1. The van der Waals surface area contributed by atoms with Gasteiger partial charge in [-0.15, -0.1) is 0 Å². The van der Waals surface area contributed by atoms with Crippen molar-refractivity contribution in [3.05, 3.63) is 71.0 Å². The molecule has 30 heavy (non-hydrogen) atoms. The Bertz CT molecular complexity index is 892. The van der Waals surface area contributed by atoms with E-state index in [1.807, 2.05) is 17.0 Å². The Labute approximate surface area is 177 Å². The highest BCUT2D eigenvalue weighted by Crippen LogP contribution is 2.43. The lowest BCUT2D eigenvalue weighted by Crippen LogP contribution is -2.48. The van der Waals surface area contributed by atoms with Gasteiger partial charge >= 0.3 is 6.09 Å². The minimum Gasteiger partial charge on any atom is -0.449 e. The number of rotatable bonds is 4. The van der Waals surface area contributed by atoms with Gasteiger partial charge in [0.15, 0.2) is 0 Å². The van der Waals surface area contributed by atoms with Crippen molar-refractivity contribution in [1.29, 1.82) is 0 Å². The van der Waals surface area contributed by atoms with Crippen LogP contribution in [0.1, 0.15) is 48.4 Å². The lowest BCUT2D eigenvalue weighted by molar-refractivity contribution is 0.00109. The third-order valence-electron chi connectivity index (χ3n) is 7.44. The van der Waals surface area contributed by atoms with Crippen LogP contribution in [0.25, 0.3) is 0 Å². The minimum atomic E-state index is -0.269. The third-order valence-corrected chi connectivity index (χ3v) is 7.44. The number of carbonyl (C=O) groups is 1. The molecule has 2 aromatic rings. The van der Waals surface area contributed by atoms with Crippen molar-refractivity contribution in [2.45, 2.75) is 38.1 Å². The van der Waals surface area contributed by atoms with Gasteiger partial charge in [-0.1, -0.05) is 36.4 Å². The van der Waals surface area contributed by atoms with E-state index >= 15 is 0 Å². The Balaban J connectivity index is 1.31. The van der Waals surface area contributed by atoms with E-state index in [9.17, 15) is 9.18 Å². The van der Waals surface area contributed by atoms with Gasteiger partial charge in [0.2, 0.25) is 0 Å². The molecule has 6 rings (SSSR count). The van der Waals surface area contributed by atoms with Crippen molar-refractivity contribution in [2.24, 2.45) is 5.41 Å². The Morgan fingerprint density at radius 3 is 2.43 bits per heavy atom. The molecule has 0 saturated carbocycles. The lowest BCUT2D eigenvalue weighted by Gasteiger charge is -2.48. The summed E-state index contributed by atoms with van der Waals surface area (Å²) < 4.78 is 19.3. The molecule has 0 N–H and O–H groups in total. The predicted molar refractivity (Wildman–Crippen MR) is 114 cm³/mol. The van der Waals surface area contributed by atoms with Crippen molar-refractivity contribution in [2.75, 3.05) is 32.8 Å². The number of fused-ring (bicyclic) bond motifs is 4. The van der Waals surface area contributed by atoms with Crippen molar-refractivity contribution >= 4 is 6.09 Å². The van der Waals surface area contributed by atoms with E-state index in [1.165, 1.54) is 56.6 Å². The highest BCUT2D eigenvalue weighted by molar-refractivity contribution is 5.70. The second kappa shape index (κ2) is 8.03. The molecule has 4 aliphatic heterocycles. The molecular weight excluding hydrogens is 379 g/mol. The Morgan fingerprint density at radius 1 is 1.00 bits per heavy atom. The summed E-state index contributed by atoms with van der Waals surface area (Å²) in [5, 5.41) is 0. The van der Waals surface area contributed by atoms with Crippen LogP contribution in [0.5, 0.6) is 0 Å². The van der Waals surface area contributed by atoms with Crippen LogP contribution in [0.4, 0.5) is 9.18 Å². The van der Waals surface area contributed by atoms with E-state index in [4.69, 9.17) is 4.74 Å². The van der Waals surface area contributed by atoms with Crippen LogP contribution >= 0.6 is 0 Å². The second-order valence-electron chi connectivity index (χ2n) is 9.05. The molecule has 1 amide bonds. The van der Waals surface area contributed by atoms with Gasteiger partial charge in [0.25, 0.3) is 0 Å². The molecule has 1 atom stereocenters. The topological polar surface area (TPSA) is 32.8 Å². The van der Waals surface area contributed by atoms with Crippen LogP contribution < -0.4 is 0 Å². The number of benzene rings is 2. The molecule has 4 heterocycles. The lowest BCUT2D eigenvalue weighted by atomic mass is 9.70. The number of carbonyl (C=O) groups excluding carboxylic acids is 1. The van der Waals surface area contributed by atoms with Crippen LogP contribution in [0.15, 0.2) is 48.5 Å². The van der Waals surface area contributed by atoms with E-state index in [2.05, 4.69) is 17.0 Å². The molecule has 4 nitrogen and oxygen atoms in total. The average Bonchev–Trinajstić information content (AvgIpc) is 2.80. The van der Waals surface area contributed by atoms with Crippen molar-refractivity contribution in [3.8, 4) is 0 Å². The summed E-state index contributed by atoms with van der Waals surface area (Å²) in [5.74, 6) is -0.269. The van der Waals surface area contributed by atoms with Crippen LogP contribution in [-0.4, -0.2) is 48.7 Å². The van der Waals surface area contributed by atoms with Gasteiger partial charge in [0, 0.05) is 6.54 Å². The summed E-state index contributed by atoms with van der Waals surface area (Å²) in [6.45, 7) is 4.64. The van der Waals surface area contributed by atoms with Gasteiger partial charge in [-0.05, 0) is 86.0 Å². The number of piperidine rings is 3. The van der Waals surface area contributed by atoms with Crippen molar-refractivity contribution in [3.63, 3.8) is 0 Å². The molecule has 0 aromatic heterocycles. The highest BCUT2D eigenvalue weighted by atomic mass is 19.1. The molecule has 2 aromatic carbocycles. The van der Waals surface area contributed by atoms with Crippen LogP contribution in [0, 0.1) is 11.2 Å². The van der Waals surface area contributed by atoms with Gasteiger partial charge in [-0.2, -0.15) is 0 Å². The summed E-state index contributed by atoms with van der Waals surface area (Å²) in [4.78, 5) is 17.5. The summed E-state index contributed by atoms with van der Waals surface area (Å²) in [5.41, 5.74) is 3.62. The molecule has 5 heteroatoms. The van der Waals surface area contributed by atoms with E-state index in [0.717, 1.165) is 24.0 Å². The van der Waals surface area contributed by atoms with Crippen LogP contribution in [0.2, 0.25) is 0 Å². The van der Waals surface area contributed by atoms with Crippen molar-refractivity contribution in [1.82, 2.24) is 9.80 Å². The quantitative estimate of drug-likeness (QED) is 0.730. The van der Waals surface area contributed by atoms with Gasteiger partial charge in [-0.3, -0.25) is 4.90 Å². The number of hydrogen-bond donors (Lipinski definition) is 0. The maximum Gasteiger partial charge on any atom is 0.410 e. The molecule has 0 radical (unpaired) electrons. The van der Waals surface area contributed by atoms with Gasteiger partial charge in [0.1, 0.15) is 5.82 Å². The van der Waals surface area contributed by atoms with Crippen molar-refractivity contribution < 1.29 is 13.9 Å². The first kappa shape index (κ1) is 19.6. The van der Waals surface area contributed by atoms with Gasteiger partial charge < -0.3 is 9.64 Å². The highest BCUT2D eigenvalue weighted by Gasteiger charge is 2.39. The number of amides is 1. The SMILES string of the molecule is O=C(OCCC12CCN(CC1)CC2)N1CCc2ccccc2[C@@H]1c1ccc(F)cc1. The average molecular weight is 409 g/mol. The fourth-order valence-electron chi connectivity index (χ4n) is 5.48. The molecule has 3 saturated heterocycles. The molecule has 158 valence electrons. The molecule has 0 aliphatic carbocycles. The predicted octanol–water partition coefficient (Wildman–Crippen LogP) is 4.79. The zero-order valence-corrected chi connectivity index (χ0v) is 17.4. The normalized spacial score (nSPS) is 27.6. The molecule has 3 fully saturated rings. The van der Waals surface area contributed by atoms with E-state index in [0.29, 0.717) is 18.6 Å². The summed E-state index contributed by atoms with van der Waals surface area (Å²) in [7, 11) is 0. The third kappa shape index (κ3) is 3.71. The minimum absolute atomic E-state index is 0.237. The Hall–Kier alpha value is -2.40. The number of ether oxygens (including phenoxy) is 1. The maximum atomic E-state index is 13.5. The van der Waals surface area contributed by atoms with E-state index in [-0.39, 0.29) is 18.0 Å². The smallest absolute Gasteiger partial charge is 0.410 e. The molecular formula is C25H29FN2O2. The molecule has 2 bridgehead atoms. The number of halogens is 1. The Morgan fingerprint density at radius 2 is 1.70 bits per heavy atom. The van der Waals surface area contributed by atoms with Gasteiger partial charge in [-0.25, -0.2) is 9.18 Å². The molecule has 0 unspecified atom stereocenters. The summed E-state index contributed by atoms with van der Waals surface area (Å²) in [6.07, 6.45) is 5.17. The van der Waals surface area contributed by atoms with Gasteiger partial charge in [0.05, 0.1) is 12.6 Å². The summed E-state index contributed by atoms with van der Waals surface area (Å²) >= 11 is 0. The van der Waals surface area contributed by atoms with E-state index < -0.39 is 0 Å². The number of nitrogens with zero attached hydrogens (tertiary/aromatic N) is 2. The zero-order valence-electron chi connectivity index (χ0n) is 17.4. The fourth-order valence-corrected chi connectivity index (χ4v) is 5.48. The Kier molecular flexibility index (Phi) is 5.23. The number of hydrogen-bond acceptors (Lipinski definition) is 3. The summed E-state index contributed by atoms with van der Waals surface area (Å²) in [6, 6.07) is 14.5. The van der Waals surface area contributed by atoms with Crippen LogP contribution in [-0.2, 0) is 11.2 Å². The largest absolute Gasteiger partial charge is 0.449 e. The fraction of sp³-hybridized carbons (Fsp3) is 0.480. The first-order valence-corrected chi connectivity index (χ1v) is 11.1. The molecule has 4 aliphatic rings. The van der Waals surface area contributed by atoms with Crippen LogP contribution in [0.3, 0.4) is 0 Å². The standard InChI is InChI=1S/C25H29FN2O2/c26-21-7-5-20(6-8-21)23-22-4-2-1-3-19(22)9-14-28(23)24(29)30-18-13-25-10-15-27(16-11-25)17-12-25/h1-8,23H,9-18H2/t23-/m0/s1. The van der Waals surface area contributed by atoms with E-state index in [1.54, 1.807) is 12.1 Å². The molecule has 0 spiro atoms. The second-order valence-corrected chi connectivity index (χ2v) is 9.05. The monoisotopic (exact) mass is 408 g/mol. The maximum absolute atomic E-state index is 13.5.